The number of aromatic nitrogens is 2. The highest BCUT2D eigenvalue weighted by Crippen LogP contribution is 2.27. The van der Waals surface area contributed by atoms with Gasteiger partial charge in [-0.2, -0.15) is 0 Å². The van der Waals surface area contributed by atoms with Crippen LogP contribution in [-0.4, -0.2) is 28.5 Å². The van der Waals surface area contributed by atoms with Crippen LogP contribution in [0.3, 0.4) is 0 Å². The Hall–Kier alpha value is -1.36. The van der Waals surface area contributed by atoms with Crippen molar-refractivity contribution in [2.45, 2.75) is 32.9 Å². The number of nitrogens with one attached hydrogen (secondary N) is 2. The van der Waals surface area contributed by atoms with Gasteiger partial charge in [-0.3, -0.25) is 4.79 Å². The Morgan fingerprint density at radius 3 is 3.12 bits per heavy atom. The second-order valence-electron chi connectivity index (χ2n) is 4.57. The summed E-state index contributed by atoms with van der Waals surface area (Å²) in [4.78, 5) is 15.8. The highest BCUT2D eigenvalue weighted by atomic mass is 16.1. The van der Waals surface area contributed by atoms with E-state index in [1.165, 1.54) is 12.8 Å². The van der Waals surface area contributed by atoms with Crippen LogP contribution in [0.4, 0.5) is 0 Å². The molecule has 1 saturated carbocycles. The van der Waals surface area contributed by atoms with Crippen molar-refractivity contribution in [3.63, 3.8) is 0 Å². The summed E-state index contributed by atoms with van der Waals surface area (Å²) >= 11 is 0. The minimum atomic E-state index is 0.0734. The molecule has 1 heterocycles. The molecule has 0 aliphatic heterocycles. The molecule has 5 nitrogen and oxygen atoms in total. The van der Waals surface area contributed by atoms with Gasteiger partial charge >= 0.3 is 0 Å². The van der Waals surface area contributed by atoms with E-state index >= 15 is 0 Å². The fourth-order valence-electron chi connectivity index (χ4n) is 1.64. The Labute approximate surface area is 102 Å². The molecule has 1 aromatic rings. The average Bonchev–Trinajstić information content (AvgIpc) is 3.05. The second-order valence-corrected chi connectivity index (χ2v) is 4.57. The molecule has 2 rings (SSSR count). The van der Waals surface area contributed by atoms with Gasteiger partial charge in [0.25, 0.3) is 0 Å². The summed E-state index contributed by atoms with van der Waals surface area (Å²) in [6, 6.07) is 0. The molecular formula is C12H20N4O. The first-order chi connectivity index (χ1) is 8.28. The van der Waals surface area contributed by atoms with Crippen molar-refractivity contribution in [1.29, 1.82) is 0 Å². The molecule has 1 aliphatic carbocycles. The summed E-state index contributed by atoms with van der Waals surface area (Å²) in [5.41, 5.74) is 0.974. The molecule has 1 fully saturated rings. The topological polar surface area (TPSA) is 59.0 Å². The smallest absolute Gasteiger partial charge is 0.239 e. The zero-order valence-electron chi connectivity index (χ0n) is 10.3. The first kappa shape index (κ1) is 12.1. The maximum absolute atomic E-state index is 11.6. The van der Waals surface area contributed by atoms with E-state index in [4.69, 9.17) is 0 Å². The molecule has 1 aliphatic rings. The van der Waals surface area contributed by atoms with Crippen molar-refractivity contribution in [2.24, 2.45) is 5.92 Å². The summed E-state index contributed by atoms with van der Waals surface area (Å²) < 4.78 is 1.83. The summed E-state index contributed by atoms with van der Waals surface area (Å²) in [5, 5.41) is 6.15. The predicted molar refractivity (Wildman–Crippen MR) is 65.3 cm³/mol. The molecule has 0 spiro atoms. The van der Waals surface area contributed by atoms with E-state index < -0.39 is 0 Å². The second kappa shape index (κ2) is 5.82. The van der Waals surface area contributed by atoms with E-state index in [2.05, 4.69) is 22.5 Å². The first-order valence-electron chi connectivity index (χ1n) is 6.26. The molecule has 0 aromatic carbocycles. The van der Waals surface area contributed by atoms with Crippen LogP contribution >= 0.6 is 0 Å². The molecular weight excluding hydrogens is 216 g/mol. The number of carbonyl (C=O) groups excluding carboxylic acids is 1. The molecule has 0 atom stereocenters. The number of hydrogen-bond acceptors (Lipinski definition) is 3. The molecule has 1 aromatic heterocycles. The summed E-state index contributed by atoms with van der Waals surface area (Å²) in [6.07, 6.45) is 6.15. The van der Waals surface area contributed by atoms with Crippen molar-refractivity contribution in [1.82, 2.24) is 20.2 Å². The maximum atomic E-state index is 11.6. The van der Waals surface area contributed by atoms with E-state index in [0.29, 0.717) is 6.54 Å². The number of rotatable bonds is 7. The van der Waals surface area contributed by atoms with Gasteiger partial charge in [0.2, 0.25) is 5.91 Å². The Balaban J connectivity index is 1.72. The van der Waals surface area contributed by atoms with Crippen LogP contribution in [0.2, 0.25) is 0 Å². The van der Waals surface area contributed by atoms with Crippen molar-refractivity contribution < 1.29 is 4.79 Å². The molecule has 0 saturated heterocycles. The Morgan fingerprint density at radius 2 is 2.41 bits per heavy atom. The van der Waals surface area contributed by atoms with Gasteiger partial charge in [0.15, 0.2) is 0 Å². The summed E-state index contributed by atoms with van der Waals surface area (Å²) in [6.45, 7) is 4.94. The molecule has 0 radical (unpaired) electrons. The minimum absolute atomic E-state index is 0.0734. The highest BCUT2D eigenvalue weighted by Gasteiger charge is 2.21. The van der Waals surface area contributed by atoms with E-state index in [1.54, 1.807) is 6.33 Å². The maximum Gasteiger partial charge on any atom is 0.239 e. The zero-order chi connectivity index (χ0) is 12.1. The van der Waals surface area contributed by atoms with Crippen LogP contribution in [0.1, 0.15) is 25.5 Å². The van der Waals surface area contributed by atoms with E-state index in [9.17, 15) is 4.79 Å². The van der Waals surface area contributed by atoms with Crippen LogP contribution in [0.5, 0.6) is 0 Å². The van der Waals surface area contributed by atoms with Gasteiger partial charge in [-0.05, 0) is 25.3 Å². The minimum Gasteiger partial charge on any atom is -0.354 e. The SMILES string of the molecule is CCNCc1cn(CC(=O)NCC2CC2)cn1. The molecule has 94 valence electrons. The fraction of sp³-hybridized carbons (Fsp3) is 0.667. The van der Waals surface area contributed by atoms with Crippen LogP contribution in [0.25, 0.3) is 0 Å². The molecule has 0 bridgehead atoms. The Kier molecular flexibility index (Phi) is 4.14. The number of carbonyl (C=O) groups is 1. The molecule has 0 unspecified atom stereocenters. The molecule has 1 amide bonds. The quantitative estimate of drug-likeness (QED) is 0.725. The molecule has 5 heteroatoms. The third kappa shape index (κ3) is 4.19. The van der Waals surface area contributed by atoms with Gasteiger partial charge in [-0.1, -0.05) is 6.92 Å². The average molecular weight is 236 g/mol. The van der Waals surface area contributed by atoms with Crippen LogP contribution < -0.4 is 10.6 Å². The standard InChI is InChI=1S/C12H20N4O/c1-2-13-6-11-7-16(9-15-11)8-12(17)14-5-10-3-4-10/h7,9-10,13H,2-6,8H2,1H3,(H,14,17). The number of nitrogens with zero attached hydrogens (tertiary/aromatic N) is 2. The number of hydrogen-bond donors (Lipinski definition) is 2. The van der Waals surface area contributed by atoms with Gasteiger partial charge in [-0.15, -0.1) is 0 Å². The third-order valence-corrected chi connectivity index (χ3v) is 2.85. The summed E-state index contributed by atoms with van der Waals surface area (Å²) in [5.74, 6) is 0.801. The Morgan fingerprint density at radius 1 is 1.59 bits per heavy atom. The van der Waals surface area contributed by atoms with Gasteiger partial charge in [0.1, 0.15) is 6.54 Å². The van der Waals surface area contributed by atoms with Gasteiger partial charge in [0, 0.05) is 19.3 Å². The number of imidazole rings is 1. The van der Waals surface area contributed by atoms with Crippen LogP contribution in [0, 0.1) is 5.92 Å². The lowest BCUT2D eigenvalue weighted by molar-refractivity contribution is -0.121. The van der Waals surface area contributed by atoms with E-state index in [0.717, 1.165) is 31.2 Å². The predicted octanol–water partition coefficient (Wildman–Crippen LogP) is 0.519. The largest absolute Gasteiger partial charge is 0.354 e. The lowest BCUT2D eigenvalue weighted by Crippen LogP contribution is -2.28. The van der Waals surface area contributed by atoms with Crippen LogP contribution in [-0.2, 0) is 17.9 Å². The van der Waals surface area contributed by atoms with E-state index in [1.807, 2.05) is 10.8 Å². The lowest BCUT2D eigenvalue weighted by atomic mass is 10.4. The van der Waals surface area contributed by atoms with Gasteiger partial charge in [-0.25, -0.2) is 4.98 Å². The fourth-order valence-corrected chi connectivity index (χ4v) is 1.64. The van der Waals surface area contributed by atoms with Crippen molar-refractivity contribution >= 4 is 5.91 Å². The normalized spacial score (nSPS) is 14.9. The molecule has 2 N–H and O–H groups in total. The zero-order valence-corrected chi connectivity index (χ0v) is 10.3. The Bertz CT molecular complexity index is 370. The van der Waals surface area contributed by atoms with Gasteiger partial charge in [0.05, 0.1) is 12.0 Å². The highest BCUT2D eigenvalue weighted by molar-refractivity contribution is 5.75. The van der Waals surface area contributed by atoms with Crippen molar-refractivity contribution in [3.8, 4) is 0 Å². The van der Waals surface area contributed by atoms with E-state index in [-0.39, 0.29) is 5.91 Å². The van der Waals surface area contributed by atoms with Crippen LogP contribution in [0.15, 0.2) is 12.5 Å². The summed E-state index contributed by atoms with van der Waals surface area (Å²) in [7, 11) is 0. The third-order valence-electron chi connectivity index (χ3n) is 2.85. The lowest BCUT2D eigenvalue weighted by Gasteiger charge is -2.04. The number of amides is 1. The molecule has 17 heavy (non-hydrogen) atoms. The van der Waals surface area contributed by atoms with Crippen molar-refractivity contribution in [3.05, 3.63) is 18.2 Å². The van der Waals surface area contributed by atoms with Gasteiger partial charge < -0.3 is 15.2 Å². The monoisotopic (exact) mass is 236 g/mol. The van der Waals surface area contributed by atoms with Crippen molar-refractivity contribution in [2.75, 3.05) is 13.1 Å². The first-order valence-corrected chi connectivity index (χ1v) is 6.26.